The van der Waals surface area contributed by atoms with Crippen molar-refractivity contribution in [2.75, 3.05) is 11.9 Å². The third-order valence-corrected chi connectivity index (χ3v) is 2.33. The van der Waals surface area contributed by atoms with Gasteiger partial charge in [-0.15, -0.1) is 0 Å². The number of carbonyl (C=O) groups excluding carboxylic acids is 1. The van der Waals surface area contributed by atoms with Crippen LogP contribution in [0.15, 0.2) is 18.2 Å². The number of ether oxygens (including phenoxy) is 1. The highest BCUT2D eigenvalue weighted by atomic mass is 19.4. The van der Waals surface area contributed by atoms with Gasteiger partial charge < -0.3 is 4.74 Å². The molecular weight excluding hydrogens is 247 g/mol. The third kappa shape index (κ3) is 3.65. The van der Waals surface area contributed by atoms with Gasteiger partial charge in [0.25, 0.3) is 0 Å². The molecule has 3 nitrogen and oxygen atoms in total. The van der Waals surface area contributed by atoms with Gasteiger partial charge in [-0.05, 0) is 37.1 Å². The van der Waals surface area contributed by atoms with Crippen molar-refractivity contribution in [3.05, 3.63) is 29.3 Å². The van der Waals surface area contributed by atoms with E-state index in [-0.39, 0.29) is 6.61 Å². The summed E-state index contributed by atoms with van der Waals surface area (Å²) in [5.74, 6) is 0. The summed E-state index contributed by atoms with van der Waals surface area (Å²) in [6, 6.07) is 3.20. The SMILES string of the molecule is CCOC(=O)Nc1ccc(C(F)(F)F)cc1CC. The number of aryl methyl sites for hydroxylation is 1. The molecule has 0 fully saturated rings. The molecule has 1 aromatic rings. The Hall–Kier alpha value is -1.72. The van der Waals surface area contributed by atoms with Gasteiger partial charge in [0.2, 0.25) is 0 Å². The molecule has 0 aliphatic carbocycles. The number of anilines is 1. The van der Waals surface area contributed by atoms with Crippen molar-refractivity contribution < 1.29 is 22.7 Å². The second kappa shape index (κ2) is 5.75. The highest BCUT2D eigenvalue weighted by Crippen LogP contribution is 2.32. The maximum Gasteiger partial charge on any atom is 0.416 e. The first-order valence-electron chi connectivity index (χ1n) is 5.52. The second-order valence-electron chi connectivity index (χ2n) is 3.57. The number of benzene rings is 1. The van der Waals surface area contributed by atoms with Gasteiger partial charge in [0.15, 0.2) is 0 Å². The Morgan fingerprint density at radius 1 is 1.33 bits per heavy atom. The molecule has 0 heterocycles. The molecule has 0 aliphatic heterocycles. The normalized spacial score (nSPS) is 11.2. The van der Waals surface area contributed by atoms with Crippen LogP contribution < -0.4 is 5.32 Å². The van der Waals surface area contributed by atoms with Crippen LogP contribution >= 0.6 is 0 Å². The standard InChI is InChI=1S/C12H14F3NO2/c1-3-8-7-9(12(13,14)15)5-6-10(8)16-11(17)18-4-2/h5-7H,3-4H2,1-2H3,(H,16,17). The lowest BCUT2D eigenvalue weighted by Gasteiger charge is -2.13. The number of carbonyl (C=O) groups is 1. The number of amides is 1. The lowest BCUT2D eigenvalue weighted by molar-refractivity contribution is -0.137. The lowest BCUT2D eigenvalue weighted by Crippen LogP contribution is -2.15. The number of alkyl halides is 3. The van der Waals surface area contributed by atoms with Crippen LogP contribution in [0.2, 0.25) is 0 Å². The zero-order valence-electron chi connectivity index (χ0n) is 10.1. The summed E-state index contributed by atoms with van der Waals surface area (Å²) in [6.45, 7) is 3.56. The minimum Gasteiger partial charge on any atom is -0.450 e. The molecule has 100 valence electrons. The van der Waals surface area contributed by atoms with Gasteiger partial charge >= 0.3 is 12.3 Å². The Morgan fingerprint density at radius 3 is 2.50 bits per heavy atom. The molecule has 1 N–H and O–H groups in total. The first kappa shape index (κ1) is 14.3. The Morgan fingerprint density at radius 2 is 2.00 bits per heavy atom. The quantitative estimate of drug-likeness (QED) is 0.897. The monoisotopic (exact) mass is 261 g/mol. The zero-order chi connectivity index (χ0) is 13.8. The summed E-state index contributed by atoms with van der Waals surface area (Å²) in [5, 5.41) is 2.41. The van der Waals surface area contributed by atoms with E-state index < -0.39 is 17.8 Å². The van der Waals surface area contributed by atoms with Crippen molar-refractivity contribution in [2.24, 2.45) is 0 Å². The number of halogens is 3. The van der Waals surface area contributed by atoms with Crippen LogP contribution in [0.25, 0.3) is 0 Å². The van der Waals surface area contributed by atoms with Crippen LogP contribution in [0.5, 0.6) is 0 Å². The zero-order valence-corrected chi connectivity index (χ0v) is 10.1. The first-order chi connectivity index (χ1) is 8.38. The van der Waals surface area contributed by atoms with E-state index in [1.807, 2.05) is 0 Å². The van der Waals surface area contributed by atoms with Crippen LogP contribution in [0.4, 0.5) is 23.7 Å². The fourth-order valence-electron chi connectivity index (χ4n) is 1.46. The number of hydrogen-bond donors (Lipinski definition) is 1. The van der Waals surface area contributed by atoms with E-state index in [0.29, 0.717) is 17.7 Å². The maximum absolute atomic E-state index is 12.5. The summed E-state index contributed by atoms with van der Waals surface area (Å²) in [4.78, 5) is 11.2. The number of hydrogen-bond acceptors (Lipinski definition) is 2. The molecule has 0 unspecified atom stereocenters. The van der Waals surface area contributed by atoms with Gasteiger partial charge in [-0.25, -0.2) is 4.79 Å². The fourth-order valence-corrected chi connectivity index (χ4v) is 1.46. The van der Waals surface area contributed by atoms with Crippen LogP contribution in [-0.2, 0) is 17.3 Å². The van der Waals surface area contributed by atoms with Gasteiger partial charge in [-0.1, -0.05) is 6.92 Å². The summed E-state index contributed by atoms with van der Waals surface area (Å²) >= 11 is 0. The molecule has 0 bridgehead atoms. The molecule has 0 spiro atoms. The smallest absolute Gasteiger partial charge is 0.416 e. The van der Waals surface area contributed by atoms with Crippen LogP contribution in [-0.4, -0.2) is 12.7 Å². The minimum absolute atomic E-state index is 0.202. The van der Waals surface area contributed by atoms with Gasteiger partial charge in [0, 0.05) is 5.69 Å². The highest BCUT2D eigenvalue weighted by molar-refractivity contribution is 5.85. The third-order valence-electron chi connectivity index (χ3n) is 2.33. The number of nitrogens with one attached hydrogen (secondary N) is 1. The average molecular weight is 261 g/mol. The van der Waals surface area contributed by atoms with Gasteiger partial charge in [0.05, 0.1) is 12.2 Å². The van der Waals surface area contributed by atoms with Crippen molar-refractivity contribution in [1.29, 1.82) is 0 Å². The molecular formula is C12H14F3NO2. The van der Waals surface area contributed by atoms with Crippen molar-refractivity contribution in [1.82, 2.24) is 0 Å². The Labute approximate surface area is 103 Å². The molecule has 6 heteroatoms. The van der Waals surface area contributed by atoms with E-state index in [0.717, 1.165) is 12.1 Å². The van der Waals surface area contributed by atoms with E-state index in [9.17, 15) is 18.0 Å². The topological polar surface area (TPSA) is 38.3 Å². The molecule has 0 aromatic heterocycles. The Bertz CT molecular complexity index is 430. The van der Waals surface area contributed by atoms with Crippen molar-refractivity contribution in [3.63, 3.8) is 0 Å². The first-order valence-corrected chi connectivity index (χ1v) is 5.52. The molecule has 1 rings (SSSR count). The largest absolute Gasteiger partial charge is 0.450 e. The summed E-state index contributed by atoms with van der Waals surface area (Å²) < 4.78 is 42.2. The van der Waals surface area contributed by atoms with Gasteiger partial charge in [-0.2, -0.15) is 13.2 Å². The Balaban J connectivity index is 2.97. The summed E-state index contributed by atoms with van der Waals surface area (Å²) in [6.07, 6.45) is -4.68. The molecule has 18 heavy (non-hydrogen) atoms. The van der Waals surface area contributed by atoms with Crippen LogP contribution in [0.3, 0.4) is 0 Å². The van der Waals surface area contributed by atoms with Crippen LogP contribution in [0.1, 0.15) is 25.0 Å². The second-order valence-corrected chi connectivity index (χ2v) is 3.57. The predicted octanol–water partition coefficient (Wildman–Crippen LogP) is 3.84. The predicted molar refractivity (Wildman–Crippen MR) is 61.5 cm³/mol. The molecule has 1 amide bonds. The molecule has 0 atom stereocenters. The molecule has 0 aliphatic rings. The molecule has 1 aromatic carbocycles. The van der Waals surface area contributed by atoms with E-state index in [2.05, 4.69) is 10.1 Å². The van der Waals surface area contributed by atoms with Gasteiger partial charge in [0.1, 0.15) is 0 Å². The van der Waals surface area contributed by atoms with E-state index >= 15 is 0 Å². The average Bonchev–Trinajstić information content (AvgIpc) is 2.28. The summed E-state index contributed by atoms with van der Waals surface area (Å²) in [5.41, 5.74) is 0.0237. The van der Waals surface area contributed by atoms with Crippen LogP contribution in [0, 0.1) is 0 Å². The fraction of sp³-hybridized carbons (Fsp3) is 0.417. The van der Waals surface area contributed by atoms with Gasteiger partial charge in [-0.3, -0.25) is 5.32 Å². The lowest BCUT2D eigenvalue weighted by atomic mass is 10.1. The van der Waals surface area contributed by atoms with Crippen molar-refractivity contribution in [2.45, 2.75) is 26.4 Å². The Kier molecular flexibility index (Phi) is 4.58. The molecule has 0 saturated carbocycles. The molecule has 0 saturated heterocycles. The highest BCUT2D eigenvalue weighted by Gasteiger charge is 2.30. The summed E-state index contributed by atoms with van der Waals surface area (Å²) in [7, 11) is 0. The van der Waals surface area contributed by atoms with Crippen molar-refractivity contribution >= 4 is 11.8 Å². The maximum atomic E-state index is 12.5. The molecule has 0 radical (unpaired) electrons. The van der Waals surface area contributed by atoms with E-state index in [1.54, 1.807) is 13.8 Å². The van der Waals surface area contributed by atoms with Crippen molar-refractivity contribution in [3.8, 4) is 0 Å². The van der Waals surface area contributed by atoms with E-state index in [1.165, 1.54) is 6.07 Å². The minimum atomic E-state index is -4.38. The van der Waals surface area contributed by atoms with E-state index in [4.69, 9.17) is 0 Å². The number of rotatable bonds is 3.